The number of aromatic nitrogens is 2. The first kappa shape index (κ1) is 20.4. The Morgan fingerprint density at radius 1 is 1.07 bits per heavy atom. The molecule has 4 rings (SSSR count). The normalized spacial score (nSPS) is 17.8. The summed E-state index contributed by atoms with van der Waals surface area (Å²) < 4.78 is 15.1. The van der Waals surface area contributed by atoms with Crippen molar-refractivity contribution in [2.45, 2.75) is 51.0 Å². The molecule has 1 saturated carbocycles. The summed E-state index contributed by atoms with van der Waals surface area (Å²) in [5.74, 6) is 1.01. The predicted molar refractivity (Wildman–Crippen MR) is 113 cm³/mol. The number of carbonyl (C=O) groups is 2. The molecule has 2 aliphatic rings. The molecule has 2 fully saturated rings. The van der Waals surface area contributed by atoms with Crippen molar-refractivity contribution < 1.29 is 14.0 Å². The SMILES string of the molecule is O=C(Nc1cccc(F)c1)Nc1ccnn1C1CCN(C(=O)CC2CCCC2)CC1. The average Bonchev–Trinajstić information content (AvgIpc) is 3.40. The summed E-state index contributed by atoms with van der Waals surface area (Å²) in [5.41, 5.74) is 0.382. The van der Waals surface area contributed by atoms with Crippen LogP contribution < -0.4 is 10.6 Å². The lowest BCUT2D eigenvalue weighted by molar-refractivity contribution is -0.133. The zero-order valence-corrected chi connectivity index (χ0v) is 17.0. The Labute approximate surface area is 175 Å². The highest BCUT2D eigenvalue weighted by atomic mass is 19.1. The fourth-order valence-corrected chi connectivity index (χ4v) is 4.50. The largest absolute Gasteiger partial charge is 0.343 e. The number of hydrogen-bond acceptors (Lipinski definition) is 3. The molecule has 1 aromatic carbocycles. The van der Waals surface area contributed by atoms with Crippen LogP contribution in [-0.2, 0) is 4.79 Å². The van der Waals surface area contributed by atoms with E-state index in [-0.39, 0.29) is 11.9 Å². The standard InChI is InChI=1S/C22H28FN5O2/c23-17-6-3-7-18(15-17)25-22(30)26-20-8-11-24-28(20)19-9-12-27(13-10-19)21(29)14-16-4-1-2-5-16/h3,6-8,11,15-16,19H,1-2,4-5,9-10,12-14H2,(H2,25,26,30). The monoisotopic (exact) mass is 413 g/mol. The van der Waals surface area contributed by atoms with E-state index in [0.29, 0.717) is 36.9 Å². The van der Waals surface area contributed by atoms with Crippen LogP contribution in [0.15, 0.2) is 36.5 Å². The van der Waals surface area contributed by atoms with E-state index in [0.717, 1.165) is 12.8 Å². The Morgan fingerprint density at radius 3 is 2.57 bits per heavy atom. The van der Waals surface area contributed by atoms with Gasteiger partial charge in [-0.15, -0.1) is 0 Å². The molecule has 0 unspecified atom stereocenters. The quantitative estimate of drug-likeness (QED) is 0.762. The van der Waals surface area contributed by atoms with Gasteiger partial charge in [-0.05, 0) is 49.8 Å². The minimum Gasteiger partial charge on any atom is -0.343 e. The van der Waals surface area contributed by atoms with E-state index >= 15 is 0 Å². The van der Waals surface area contributed by atoms with Crippen molar-refractivity contribution in [3.05, 3.63) is 42.3 Å². The molecule has 1 saturated heterocycles. The molecule has 30 heavy (non-hydrogen) atoms. The zero-order valence-electron chi connectivity index (χ0n) is 17.0. The first-order chi connectivity index (χ1) is 14.6. The van der Waals surface area contributed by atoms with Crippen LogP contribution in [0.3, 0.4) is 0 Å². The van der Waals surface area contributed by atoms with Crippen LogP contribution in [-0.4, -0.2) is 39.7 Å². The van der Waals surface area contributed by atoms with Gasteiger partial charge in [0.2, 0.25) is 5.91 Å². The minimum absolute atomic E-state index is 0.125. The predicted octanol–water partition coefficient (Wildman–Crippen LogP) is 4.41. The molecule has 8 heteroatoms. The molecule has 0 atom stereocenters. The van der Waals surface area contributed by atoms with Crippen molar-refractivity contribution in [2.75, 3.05) is 23.7 Å². The molecule has 7 nitrogen and oxygen atoms in total. The minimum atomic E-state index is -0.452. The number of nitrogens with one attached hydrogen (secondary N) is 2. The highest BCUT2D eigenvalue weighted by Gasteiger charge is 2.28. The van der Waals surface area contributed by atoms with Gasteiger partial charge in [-0.2, -0.15) is 5.10 Å². The smallest absolute Gasteiger partial charge is 0.324 e. The third-order valence-electron chi connectivity index (χ3n) is 6.10. The summed E-state index contributed by atoms with van der Waals surface area (Å²) in [5, 5.41) is 9.79. The number of benzene rings is 1. The molecule has 3 amide bonds. The van der Waals surface area contributed by atoms with E-state index < -0.39 is 11.8 Å². The van der Waals surface area contributed by atoms with E-state index in [1.165, 1.54) is 43.9 Å². The summed E-state index contributed by atoms with van der Waals surface area (Å²) in [4.78, 5) is 26.8. The molecule has 0 spiro atoms. The van der Waals surface area contributed by atoms with Gasteiger partial charge in [-0.25, -0.2) is 13.9 Å². The van der Waals surface area contributed by atoms with Gasteiger partial charge in [0.25, 0.3) is 0 Å². The number of anilines is 2. The second-order valence-corrected chi connectivity index (χ2v) is 8.22. The van der Waals surface area contributed by atoms with Crippen LogP contribution in [0.2, 0.25) is 0 Å². The molecule has 0 radical (unpaired) electrons. The number of carbonyl (C=O) groups excluding carboxylic acids is 2. The highest BCUT2D eigenvalue weighted by Crippen LogP contribution is 2.30. The van der Waals surface area contributed by atoms with Crippen LogP contribution in [0, 0.1) is 11.7 Å². The number of rotatable bonds is 5. The molecule has 0 bridgehead atoms. The molecule has 1 aliphatic heterocycles. The summed E-state index contributed by atoms with van der Waals surface area (Å²) in [6.45, 7) is 1.43. The van der Waals surface area contributed by atoms with Gasteiger partial charge in [0.15, 0.2) is 0 Å². The van der Waals surface area contributed by atoms with E-state index in [2.05, 4.69) is 15.7 Å². The number of nitrogens with zero attached hydrogens (tertiary/aromatic N) is 3. The topological polar surface area (TPSA) is 79.3 Å². The highest BCUT2D eigenvalue weighted by molar-refractivity contribution is 5.99. The van der Waals surface area contributed by atoms with Crippen molar-refractivity contribution in [2.24, 2.45) is 5.92 Å². The average molecular weight is 413 g/mol. The van der Waals surface area contributed by atoms with Crippen molar-refractivity contribution >= 4 is 23.4 Å². The second-order valence-electron chi connectivity index (χ2n) is 8.22. The van der Waals surface area contributed by atoms with Crippen LogP contribution in [0.25, 0.3) is 0 Å². The third kappa shape index (κ3) is 4.98. The number of amides is 3. The molecular formula is C22H28FN5O2. The van der Waals surface area contributed by atoms with E-state index in [1.807, 2.05) is 9.58 Å². The zero-order chi connectivity index (χ0) is 20.9. The summed E-state index contributed by atoms with van der Waals surface area (Å²) in [6, 6.07) is 7.16. The Balaban J connectivity index is 1.30. The molecular weight excluding hydrogens is 385 g/mol. The van der Waals surface area contributed by atoms with Gasteiger partial charge in [-0.1, -0.05) is 18.9 Å². The molecule has 1 aliphatic carbocycles. The number of piperidine rings is 1. The fourth-order valence-electron chi connectivity index (χ4n) is 4.50. The van der Waals surface area contributed by atoms with Crippen LogP contribution >= 0.6 is 0 Å². The van der Waals surface area contributed by atoms with E-state index in [9.17, 15) is 14.0 Å². The lowest BCUT2D eigenvalue weighted by Gasteiger charge is -2.33. The van der Waals surface area contributed by atoms with Crippen LogP contribution in [0.1, 0.15) is 51.0 Å². The maximum atomic E-state index is 13.3. The Kier molecular flexibility index (Phi) is 6.30. The number of likely N-dealkylation sites (tertiary alicyclic amines) is 1. The first-order valence-corrected chi connectivity index (χ1v) is 10.7. The van der Waals surface area contributed by atoms with Crippen molar-refractivity contribution in [3.8, 4) is 0 Å². The fraction of sp³-hybridized carbons (Fsp3) is 0.500. The Bertz CT molecular complexity index is 885. The lowest BCUT2D eigenvalue weighted by Crippen LogP contribution is -2.40. The van der Waals surface area contributed by atoms with Crippen LogP contribution in [0.4, 0.5) is 20.7 Å². The molecule has 2 N–H and O–H groups in total. The molecule has 2 heterocycles. The maximum absolute atomic E-state index is 13.3. The van der Waals surface area contributed by atoms with Gasteiger partial charge in [0.1, 0.15) is 11.6 Å². The van der Waals surface area contributed by atoms with Crippen molar-refractivity contribution in [3.63, 3.8) is 0 Å². The van der Waals surface area contributed by atoms with Gasteiger partial charge in [-0.3, -0.25) is 10.1 Å². The third-order valence-corrected chi connectivity index (χ3v) is 6.10. The Morgan fingerprint density at radius 2 is 1.83 bits per heavy atom. The summed E-state index contributed by atoms with van der Waals surface area (Å²) in [6.07, 6.45) is 8.81. The van der Waals surface area contributed by atoms with Gasteiger partial charge in [0, 0.05) is 31.3 Å². The summed E-state index contributed by atoms with van der Waals surface area (Å²) >= 11 is 0. The van der Waals surface area contributed by atoms with E-state index in [4.69, 9.17) is 0 Å². The van der Waals surface area contributed by atoms with Crippen LogP contribution in [0.5, 0.6) is 0 Å². The maximum Gasteiger partial charge on any atom is 0.324 e. The number of urea groups is 1. The van der Waals surface area contributed by atoms with Crippen molar-refractivity contribution in [1.29, 1.82) is 0 Å². The molecule has 2 aromatic rings. The summed E-state index contributed by atoms with van der Waals surface area (Å²) in [7, 11) is 0. The molecule has 1 aromatic heterocycles. The van der Waals surface area contributed by atoms with Gasteiger partial charge in [0.05, 0.1) is 12.2 Å². The number of hydrogen-bond donors (Lipinski definition) is 2. The lowest BCUT2D eigenvalue weighted by atomic mass is 10.0. The molecule has 160 valence electrons. The first-order valence-electron chi connectivity index (χ1n) is 10.7. The van der Waals surface area contributed by atoms with Gasteiger partial charge < -0.3 is 10.2 Å². The van der Waals surface area contributed by atoms with E-state index in [1.54, 1.807) is 18.3 Å². The van der Waals surface area contributed by atoms with Gasteiger partial charge >= 0.3 is 6.03 Å². The Hall–Kier alpha value is -2.90. The number of halogens is 1. The van der Waals surface area contributed by atoms with Crippen molar-refractivity contribution in [1.82, 2.24) is 14.7 Å². The second kappa shape index (κ2) is 9.28.